The van der Waals surface area contributed by atoms with Gasteiger partial charge in [0.05, 0.1) is 15.5 Å². The third-order valence-corrected chi connectivity index (χ3v) is 8.47. The molecule has 1 aliphatic rings. The minimum Gasteiger partial charge on any atom is -0.298 e. The molecule has 0 aliphatic carbocycles. The molecule has 4 rings (SSSR count). The highest BCUT2D eigenvalue weighted by molar-refractivity contribution is 7.89. The Hall–Kier alpha value is -2.70. The maximum atomic E-state index is 13.2. The van der Waals surface area contributed by atoms with Gasteiger partial charge in [-0.3, -0.25) is 14.7 Å². The summed E-state index contributed by atoms with van der Waals surface area (Å²) >= 11 is 1.02. The van der Waals surface area contributed by atoms with Crippen molar-refractivity contribution in [2.45, 2.75) is 44.6 Å². The Balaban J connectivity index is 1.59. The van der Waals surface area contributed by atoms with E-state index in [1.54, 1.807) is 19.9 Å². The summed E-state index contributed by atoms with van der Waals surface area (Å²) in [6.07, 6.45) is 5.08. The summed E-state index contributed by atoms with van der Waals surface area (Å²) in [4.78, 5) is 21.7. The van der Waals surface area contributed by atoms with Crippen LogP contribution in [0.25, 0.3) is 10.7 Å². The largest absolute Gasteiger partial charge is 0.320 e. The van der Waals surface area contributed by atoms with Crippen LogP contribution in [0.15, 0.2) is 35.5 Å². The molecule has 1 aliphatic heterocycles. The fourth-order valence-corrected chi connectivity index (χ4v) is 6.23. The maximum Gasteiger partial charge on any atom is 0.320 e. The lowest BCUT2D eigenvalue weighted by molar-refractivity contribution is 0.0720. The van der Waals surface area contributed by atoms with Gasteiger partial charge in [-0.25, -0.2) is 18.4 Å². The molecule has 3 heterocycles. The molecule has 33 heavy (non-hydrogen) atoms. The Morgan fingerprint density at radius 1 is 1.18 bits per heavy atom. The minimum absolute atomic E-state index is 0.0614. The molecule has 0 spiro atoms. The van der Waals surface area contributed by atoms with Crippen molar-refractivity contribution in [2.75, 3.05) is 18.4 Å². The molecule has 8 nitrogen and oxygen atoms in total. The fraction of sp³-hybridized carbons (Fsp3) is 0.381. The van der Waals surface area contributed by atoms with Crippen molar-refractivity contribution in [3.8, 4) is 10.7 Å². The zero-order chi connectivity index (χ0) is 23.8. The van der Waals surface area contributed by atoms with Crippen molar-refractivity contribution in [1.29, 1.82) is 0 Å². The lowest BCUT2D eigenvalue weighted by atomic mass is 10.1. The summed E-state index contributed by atoms with van der Waals surface area (Å²) in [5.74, 6) is -0.466. The molecule has 1 amide bonds. The number of rotatable bonds is 6. The molecule has 12 heteroatoms. The van der Waals surface area contributed by atoms with E-state index >= 15 is 0 Å². The Labute approximate surface area is 194 Å². The van der Waals surface area contributed by atoms with Crippen LogP contribution in [0.2, 0.25) is 0 Å². The van der Waals surface area contributed by atoms with E-state index in [9.17, 15) is 22.0 Å². The van der Waals surface area contributed by atoms with E-state index in [4.69, 9.17) is 0 Å². The van der Waals surface area contributed by atoms with E-state index in [2.05, 4.69) is 15.3 Å². The number of amides is 1. The van der Waals surface area contributed by atoms with Crippen molar-refractivity contribution >= 4 is 32.4 Å². The minimum atomic E-state index is -3.69. The lowest BCUT2D eigenvalue weighted by Gasteiger charge is -2.26. The van der Waals surface area contributed by atoms with Gasteiger partial charge in [-0.05, 0) is 44.4 Å². The monoisotopic (exact) mass is 495 g/mol. The number of nitrogens with one attached hydrogen (secondary N) is 1. The number of alkyl halides is 2. The third kappa shape index (κ3) is 4.68. The van der Waals surface area contributed by atoms with E-state index < -0.39 is 22.5 Å². The van der Waals surface area contributed by atoms with Crippen molar-refractivity contribution in [2.24, 2.45) is 0 Å². The quantitative estimate of drug-likeness (QED) is 0.545. The highest BCUT2D eigenvalue weighted by atomic mass is 32.2. The van der Waals surface area contributed by atoms with E-state index in [-0.39, 0.29) is 21.4 Å². The lowest BCUT2D eigenvalue weighted by Crippen LogP contribution is -2.35. The molecular formula is C21H23F2N5O3S2. The number of aromatic nitrogens is 3. The summed E-state index contributed by atoms with van der Waals surface area (Å²) in [5, 5.41) is 2.87. The SMILES string of the molecule is Cc1ccc(S(=O)(=O)N2CCCCC2)cc1C(=O)Nc1nc(C)c(-c2nccn2C(F)F)s1. The predicted molar refractivity (Wildman–Crippen MR) is 121 cm³/mol. The number of imidazole rings is 1. The number of hydrogen-bond donors (Lipinski definition) is 1. The van der Waals surface area contributed by atoms with Gasteiger partial charge in [-0.2, -0.15) is 13.1 Å². The number of carbonyl (C=O) groups excluding carboxylic acids is 1. The van der Waals surface area contributed by atoms with E-state index in [0.717, 1.165) is 35.2 Å². The van der Waals surface area contributed by atoms with Crippen LogP contribution in [0.4, 0.5) is 13.9 Å². The van der Waals surface area contributed by atoms with Crippen molar-refractivity contribution in [3.63, 3.8) is 0 Å². The van der Waals surface area contributed by atoms with Gasteiger partial charge >= 0.3 is 6.55 Å². The number of benzene rings is 1. The van der Waals surface area contributed by atoms with E-state index in [1.165, 1.54) is 28.8 Å². The first-order valence-electron chi connectivity index (χ1n) is 10.4. The van der Waals surface area contributed by atoms with Crippen molar-refractivity contribution in [1.82, 2.24) is 18.8 Å². The molecule has 1 fully saturated rings. The molecule has 0 radical (unpaired) electrons. The van der Waals surface area contributed by atoms with Crippen LogP contribution in [0.3, 0.4) is 0 Å². The fourth-order valence-electron chi connectivity index (χ4n) is 3.73. The third-order valence-electron chi connectivity index (χ3n) is 5.51. The summed E-state index contributed by atoms with van der Waals surface area (Å²) < 4.78 is 54.6. The van der Waals surface area contributed by atoms with Gasteiger partial charge in [-0.15, -0.1) is 0 Å². The number of anilines is 1. The Bertz CT molecular complexity index is 1280. The van der Waals surface area contributed by atoms with Crippen molar-refractivity contribution < 1.29 is 22.0 Å². The molecule has 1 aromatic carbocycles. The number of piperidine rings is 1. The first-order valence-corrected chi connectivity index (χ1v) is 12.6. The summed E-state index contributed by atoms with van der Waals surface area (Å²) in [7, 11) is -3.69. The first kappa shape index (κ1) is 23.5. The number of carbonyl (C=O) groups is 1. The van der Waals surface area contributed by atoms with Gasteiger partial charge < -0.3 is 0 Å². The van der Waals surface area contributed by atoms with Crippen LogP contribution in [-0.4, -0.2) is 46.3 Å². The zero-order valence-corrected chi connectivity index (χ0v) is 19.7. The van der Waals surface area contributed by atoms with Gasteiger partial charge in [0.15, 0.2) is 11.0 Å². The van der Waals surface area contributed by atoms with Crippen LogP contribution >= 0.6 is 11.3 Å². The first-order chi connectivity index (χ1) is 15.7. The van der Waals surface area contributed by atoms with Gasteiger partial charge in [0.1, 0.15) is 0 Å². The summed E-state index contributed by atoms with van der Waals surface area (Å²) in [6, 6.07) is 4.48. The average molecular weight is 496 g/mol. The topological polar surface area (TPSA) is 97.2 Å². The van der Waals surface area contributed by atoms with E-state index in [0.29, 0.717) is 29.2 Å². The molecule has 1 saturated heterocycles. The van der Waals surface area contributed by atoms with Crippen LogP contribution in [-0.2, 0) is 10.0 Å². The number of nitrogens with zero attached hydrogens (tertiary/aromatic N) is 4. The molecule has 0 bridgehead atoms. The molecule has 0 unspecified atom stereocenters. The molecule has 3 aromatic rings. The average Bonchev–Trinajstić information content (AvgIpc) is 3.41. The second kappa shape index (κ2) is 9.27. The summed E-state index contributed by atoms with van der Waals surface area (Å²) in [6.45, 7) is 1.53. The van der Waals surface area contributed by atoms with Gasteiger partial charge in [-0.1, -0.05) is 23.8 Å². The van der Waals surface area contributed by atoms with Gasteiger partial charge in [0, 0.05) is 31.0 Å². The Morgan fingerprint density at radius 2 is 1.91 bits per heavy atom. The van der Waals surface area contributed by atoms with E-state index in [1.807, 2.05) is 0 Å². The zero-order valence-electron chi connectivity index (χ0n) is 18.1. The standard InChI is InChI=1S/C21H23F2N5O3S2/c1-13-6-7-15(33(30,31)27-9-4-3-5-10-27)12-16(13)19(29)26-21-25-14(2)17(32-21)18-24-8-11-28(18)20(22)23/h6-8,11-12,20H,3-5,9-10H2,1-2H3,(H,25,26,29). The highest BCUT2D eigenvalue weighted by Crippen LogP contribution is 2.34. The summed E-state index contributed by atoms with van der Waals surface area (Å²) in [5.41, 5.74) is 1.25. The number of hydrogen-bond acceptors (Lipinski definition) is 6. The van der Waals surface area contributed by atoms with Gasteiger partial charge in [0.25, 0.3) is 5.91 Å². The molecule has 176 valence electrons. The highest BCUT2D eigenvalue weighted by Gasteiger charge is 2.27. The second-order valence-corrected chi connectivity index (χ2v) is 10.7. The molecular weight excluding hydrogens is 472 g/mol. The van der Waals surface area contributed by atoms with Crippen LogP contribution in [0.1, 0.15) is 47.4 Å². The Morgan fingerprint density at radius 3 is 2.61 bits per heavy atom. The van der Waals surface area contributed by atoms with Crippen LogP contribution in [0, 0.1) is 13.8 Å². The van der Waals surface area contributed by atoms with Gasteiger partial charge in [0.2, 0.25) is 10.0 Å². The maximum absolute atomic E-state index is 13.2. The molecule has 1 N–H and O–H groups in total. The van der Waals surface area contributed by atoms with Crippen LogP contribution < -0.4 is 5.32 Å². The Kier molecular flexibility index (Phi) is 6.59. The van der Waals surface area contributed by atoms with Crippen LogP contribution in [0.5, 0.6) is 0 Å². The molecule has 0 saturated carbocycles. The second-order valence-electron chi connectivity index (χ2n) is 7.76. The number of sulfonamides is 1. The smallest absolute Gasteiger partial charge is 0.298 e. The molecule has 2 aromatic heterocycles. The normalized spacial score (nSPS) is 15.2. The number of thiazole rings is 1. The number of aryl methyl sites for hydroxylation is 2. The molecule has 0 atom stereocenters. The predicted octanol–water partition coefficient (Wildman–Crippen LogP) is 4.45. The van der Waals surface area contributed by atoms with Crippen molar-refractivity contribution in [3.05, 3.63) is 47.4 Å². The number of halogens is 2.